The average molecular weight is 231 g/mol. The Morgan fingerprint density at radius 3 is 2.00 bits per heavy atom. The van der Waals surface area contributed by atoms with Gasteiger partial charge in [0.1, 0.15) is 0 Å². The minimum atomic E-state index is 0.00311. The molecule has 0 bridgehead atoms. The normalized spacial score (nSPS) is 13.3. The van der Waals surface area contributed by atoms with Crippen LogP contribution in [-0.2, 0) is 0 Å². The zero-order chi connectivity index (χ0) is 13.1. The van der Waals surface area contributed by atoms with Crippen molar-refractivity contribution >= 4 is 6.21 Å². The summed E-state index contributed by atoms with van der Waals surface area (Å²) in [7, 11) is 0. The van der Waals surface area contributed by atoms with Crippen molar-refractivity contribution in [1.29, 1.82) is 0 Å². The van der Waals surface area contributed by atoms with Gasteiger partial charge in [-0.1, -0.05) is 50.6 Å². The topological polar surface area (TPSA) is 12.4 Å². The summed E-state index contributed by atoms with van der Waals surface area (Å²) in [5.41, 5.74) is 2.78. The number of benzene rings is 1. The van der Waals surface area contributed by atoms with E-state index in [1.54, 1.807) is 0 Å². The van der Waals surface area contributed by atoms with Crippen LogP contribution in [0.15, 0.2) is 29.3 Å². The standard InChI is InChI=1S/C16H25N/c1-13-7-9-14(10-8-13)11-17-16(5,6)12-15(2,3)4/h7-11H,12H2,1-6H3. The summed E-state index contributed by atoms with van der Waals surface area (Å²) in [5, 5.41) is 0. The smallest absolute Gasteiger partial charge is 0.0557 e. The third kappa shape index (κ3) is 5.67. The van der Waals surface area contributed by atoms with E-state index in [0.717, 1.165) is 6.42 Å². The monoisotopic (exact) mass is 231 g/mol. The second-order valence-corrected chi connectivity index (χ2v) is 6.72. The van der Waals surface area contributed by atoms with Crippen molar-refractivity contribution in [3.05, 3.63) is 35.4 Å². The molecule has 0 N–H and O–H groups in total. The lowest BCUT2D eigenvalue weighted by molar-refractivity contribution is 0.289. The fourth-order valence-electron chi connectivity index (χ4n) is 2.25. The highest BCUT2D eigenvalue weighted by Gasteiger charge is 2.23. The minimum Gasteiger partial charge on any atom is -0.286 e. The molecule has 0 unspecified atom stereocenters. The molecule has 0 aliphatic carbocycles. The van der Waals surface area contributed by atoms with E-state index < -0.39 is 0 Å². The van der Waals surface area contributed by atoms with Crippen molar-refractivity contribution in [2.24, 2.45) is 10.4 Å². The first-order valence-corrected chi connectivity index (χ1v) is 6.30. The molecule has 94 valence electrons. The molecule has 0 spiro atoms. The van der Waals surface area contributed by atoms with Gasteiger partial charge in [-0.25, -0.2) is 0 Å². The quantitative estimate of drug-likeness (QED) is 0.673. The van der Waals surface area contributed by atoms with E-state index in [1.807, 2.05) is 6.21 Å². The zero-order valence-electron chi connectivity index (χ0n) is 12.0. The number of aliphatic imine (C=N–C) groups is 1. The Morgan fingerprint density at radius 2 is 1.53 bits per heavy atom. The van der Waals surface area contributed by atoms with Gasteiger partial charge in [-0.05, 0) is 38.2 Å². The lowest BCUT2D eigenvalue weighted by atomic mass is 9.82. The maximum Gasteiger partial charge on any atom is 0.0557 e. The van der Waals surface area contributed by atoms with E-state index >= 15 is 0 Å². The van der Waals surface area contributed by atoms with Gasteiger partial charge in [0, 0.05) is 6.21 Å². The largest absolute Gasteiger partial charge is 0.286 e. The van der Waals surface area contributed by atoms with E-state index in [4.69, 9.17) is 4.99 Å². The van der Waals surface area contributed by atoms with Crippen LogP contribution in [0.4, 0.5) is 0 Å². The molecule has 1 aromatic carbocycles. The summed E-state index contributed by atoms with van der Waals surface area (Å²) in [5.74, 6) is 0. The fourth-order valence-corrected chi connectivity index (χ4v) is 2.25. The van der Waals surface area contributed by atoms with Crippen LogP contribution in [0.2, 0.25) is 0 Å². The molecule has 0 aromatic heterocycles. The molecular formula is C16H25N. The van der Waals surface area contributed by atoms with Crippen molar-refractivity contribution in [2.45, 2.75) is 53.5 Å². The lowest BCUT2D eigenvalue weighted by Crippen LogP contribution is -2.25. The molecule has 0 heterocycles. The number of nitrogens with zero attached hydrogens (tertiary/aromatic N) is 1. The number of hydrogen-bond donors (Lipinski definition) is 0. The molecule has 0 aliphatic heterocycles. The van der Waals surface area contributed by atoms with Gasteiger partial charge in [-0.15, -0.1) is 0 Å². The van der Waals surface area contributed by atoms with Gasteiger partial charge in [0.05, 0.1) is 5.54 Å². The summed E-state index contributed by atoms with van der Waals surface area (Å²) in [4.78, 5) is 4.72. The second kappa shape index (κ2) is 5.03. The SMILES string of the molecule is Cc1ccc(C=NC(C)(C)CC(C)(C)C)cc1. The highest BCUT2D eigenvalue weighted by atomic mass is 14.8. The van der Waals surface area contributed by atoms with Crippen molar-refractivity contribution in [1.82, 2.24) is 0 Å². The third-order valence-electron chi connectivity index (χ3n) is 2.60. The van der Waals surface area contributed by atoms with E-state index in [-0.39, 0.29) is 5.54 Å². The Balaban J connectivity index is 2.73. The molecule has 0 radical (unpaired) electrons. The summed E-state index contributed by atoms with van der Waals surface area (Å²) in [6.45, 7) is 13.3. The second-order valence-electron chi connectivity index (χ2n) is 6.72. The number of rotatable bonds is 3. The molecular weight excluding hydrogens is 206 g/mol. The van der Waals surface area contributed by atoms with Crippen LogP contribution in [0.1, 0.15) is 52.2 Å². The van der Waals surface area contributed by atoms with Gasteiger partial charge in [-0.3, -0.25) is 4.99 Å². The van der Waals surface area contributed by atoms with Gasteiger partial charge in [-0.2, -0.15) is 0 Å². The maximum absolute atomic E-state index is 4.72. The molecule has 0 saturated carbocycles. The fraction of sp³-hybridized carbons (Fsp3) is 0.562. The molecule has 0 aliphatic rings. The minimum absolute atomic E-state index is 0.00311. The molecule has 1 aromatic rings. The van der Waals surface area contributed by atoms with Gasteiger partial charge >= 0.3 is 0 Å². The average Bonchev–Trinajstić information content (AvgIpc) is 2.13. The number of aryl methyl sites for hydroxylation is 1. The predicted molar refractivity (Wildman–Crippen MR) is 76.9 cm³/mol. The molecule has 0 atom stereocenters. The first-order valence-electron chi connectivity index (χ1n) is 6.30. The Bertz CT molecular complexity index is 377. The predicted octanol–water partition coefficient (Wildman–Crippen LogP) is 4.63. The Kier molecular flexibility index (Phi) is 4.13. The molecule has 17 heavy (non-hydrogen) atoms. The van der Waals surface area contributed by atoms with Crippen LogP contribution >= 0.6 is 0 Å². The number of hydrogen-bond acceptors (Lipinski definition) is 1. The van der Waals surface area contributed by atoms with Gasteiger partial charge in [0.2, 0.25) is 0 Å². The Labute approximate surface area is 106 Å². The van der Waals surface area contributed by atoms with Gasteiger partial charge < -0.3 is 0 Å². The van der Waals surface area contributed by atoms with E-state index in [1.165, 1.54) is 11.1 Å². The van der Waals surface area contributed by atoms with Crippen molar-refractivity contribution in [3.63, 3.8) is 0 Å². The maximum atomic E-state index is 4.72. The molecule has 0 saturated heterocycles. The zero-order valence-corrected chi connectivity index (χ0v) is 12.0. The molecule has 1 heteroatoms. The molecule has 1 nitrogen and oxygen atoms in total. The van der Waals surface area contributed by atoms with Crippen molar-refractivity contribution in [2.75, 3.05) is 0 Å². The van der Waals surface area contributed by atoms with Gasteiger partial charge in [0.15, 0.2) is 0 Å². The summed E-state index contributed by atoms with van der Waals surface area (Å²) in [6.07, 6.45) is 3.08. The van der Waals surface area contributed by atoms with Crippen LogP contribution in [0.5, 0.6) is 0 Å². The van der Waals surface area contributed by atoms with Crippen LogP contribution < -0.4 is 0 Å². The first-order chi connectivity index (χ1) is 7.68. The van der Waals surface area contributed by atoms with E-state index in [2.05, 4.69) is 65.8 Å². The third-order valence-corrected chi connectivity index (χ3v) is 2.60. The first kappa shape index (κ1) is 14.0. The van der Waals surface area contributed by atoms with Crippen molar-refractivity contribution in [3.8, 4) is 0 Å². The van der Waals surface area contributed by atoms with Gasteiger partial charge in [0.25, 0.3) is 0 Å². The van der Waals surface area contributed by atoms with E-state index in [0.29, 0.717) is 5.41 Å². The van der Waals surface area contributed by atoms with Crippen LogP contribution in [0.3, 0.4) is 0 Å². The van der Waals surface area contributed by atoms with Crippen LogP contribution in [0, 0.1) is 12.3 Å². The summed E-state index contributed by atoms with van der Waals surface area (Å²) < 4.78 is 0. The van der Waals surface area contributed by atoms with E-state index in [9.17, 15) is 0 Å². The van der Waals surface area contributed by atoms with Crippen molar-refractivity contribution < 1.29 is 0 Å². The Hall–Kier alpha value is -1.11. The molecule has 0 fully saturated rings. The Morgan fingerprint density at radius 1 is 1.00 bits per heavy atom. The van der Waals surface area contributed by atoms with Crippen LogP contribution in [-0.4, -0.2) is 11.8 Å². The molecule has 0 amide bonds. The van der Waals surface area contributed by atoms with Crippen LogP contribution in [0.25, 0.3) is 0 Å². The lowest BCUT2D eigenvalue weighted by Gasteiger charge is -2.29. The highest BCUT2D eigenvalue weighted by molar-refractivity contribution is 5.79. The molecule has 1 rings (SSSR count). The summed E-state index contributed by atoms with van der Waals surface area (Å²) >= 11 is 0. The summed E-state index contributed by atoms with van der Waals surface area (Å²) in [6, 6.07) is 8.48. The highest BCUT2D eigenvalue weighted by Crippen LogP contribution is 2.29.